The molecule has 54 valence electrons. The Bertz CT molecular complexity index is 243. The zero-order chi connectivity index (χ0) is 7.56. The first-order valence-electron chi connectivity index (χ1n) is 2.61. The number of nitrogens with zero attached hydrogens (tertiary/aromatic N) is 1. The standard InChI is InChI=1S/C5H6N2O3/c1-3-2-4(7-6-3)10-5(8)9/h2H,1H3,(H,6,7)(H,8,9). The van der Waals surface area contributed by atoms with Crippen LogP contribution in [0.1, 0.15) is 5.69 Å². The van der Waals surface area contributed by atoms with Gasteiger partial charge in [0, 0.05) is 11.8 Å². The molecule has 0 aliphatic heterocycles. The number of ether oxygens (including phenoxy) is 1. The van der Waals surface area contributed by atoms with E-state index in [-0.39, 0.29) is 5.88 Å². The molecule has 1 aromatic rings. The average Bonchev–Trinajstić information content (AvgIpc) is 2.13. The molecule has 0 aliphatic rings. The van der Waals surface area contributed by atoms with Crippen LogP contribution < -0.4 is 4.74 Å². The van der Waals surface area contributed by atoms with E-state index >= 15 is 0 Å². The lowest BCUT2D eigenvalue weighted by atomic mass is 10.5. The fourth-order valence-electron chi connectivity index (χ4n) is 0.535. The first-order valence-corrected chi connectivity index (χ1v) is 2.61. The number of nitrogens with one attached hydrogen (secondary N) is 1. The number of rotatable bonds is 1. The summed E-state index contributed by atoms with van der Waals surface area (Å²) < 4.78 is 4.21. The van der Waals surface area contributed by atoms with Crippen LogP contribution in [0.15, 0.2) is 6.07 Å². The van der Waals surface area contributed by atoms with Crippen molar-refractivity contribution >= 4 is 6.16 Å². The predicted molar refractivity (Wildman–Crippen MR) is 32.0 cm³/mol. The van der Waals surface area contributed by atoms with E-state index in [1.807, 2.05) is 0 Å². The molecule has 0 amide bonds. The van der Waals surface area contributed by atoms with Crippen molar-refractivity contribution in [3.63, 3.8) is 0 Å². The Kier molecular flexibility index (Phi) is 1.57. The number of carboxylic acid groups (broad SMARTS) is 1. The Labute approximate surface area is 56.6 Å². The van der Waals surface area contributed by atoms with Gasteiger partial charge in [0.15, 0.2) is 0 Å². The highest BCUT2D eigenvalue weighted by Gasteiger charge is 2.02. The Morgan fingerprint density at radius 1 is 1.90 bits per heavy atom. The van der Waals surface area contributed by atoms with Crippen LogP contribution in [0.2, 0.25) is 0 Å². The molecule has 1 heterocycles. The molecule has 2 N–H and O–H groups in total. The molecular formula is C5H6N2O3. The maximum atomic E-state index is 9.90. The van der Waals surface area contributed by atoms with Crippen molar-refractivity contribution < 1.29 is 14.6 Å². The van der Waals surface area contributed by atoms with Gasteiger partial charge >= 0.3 is 6.16 Å². The van der Waals surface area contributed by atoms with Gasteiger partial charge in [-0.25, -0.2) is 4.79 Å². The molecule has 10 heavy (non-hydrogen) atoms. The van der Waals surface area contributed by atoms with E-state index < -0.39 is 6.16 Å². The van der Waals surface area contributed by atoms with Crippen molar-refractivity contribution in [3.05, 3.63) is 11.8 Å². The Morgan fingerprint density at radius 2 is 2.60 bits per heavy atom. The number of aryl methyl sites for hydroxylation is 1. The molecule has 0 atom stereocenters. The molecule has 0 fully saturated rings. The average molecular weight is 142 g/mol. The van der Waals surface area contributed by atoms with Gasteiger partial charge in [-0.1, -0.05) is 0 Å². The van der Waals surface area contributed by atoms with E-state index in [0.29, 0.717) is 0 Å². The SMILES string of the molecule is Cc1cc(OC(=O)O)n[nH]1. The third-order valence-corrected chi connectivity index (χ3v) is 0.874. The predicted octanol–water partition coefficient (Wildman–Crippen LogP) is 0.775. The maximum Gasteiger partial charge on any atom is 0.512 e. The largest absolute Gasteiger partial charge is 0.512 e. The second-order valence-corrected chi connectivity index (χ2v) is 1.76. The Morgan fingerprint density at radius 3 is 3.00 bits per heavy atom. The lowest BCUT2D eigenvalue weighted by molar-refractivity contribution is 0.142. The Hall–Kier alpha value is -1.52. The van der Waals surface area contributed by atoms with Crippen LogP contribution in [-0.2, 0) is 0 Å². The van der Waals surface area contributed by atoms with Gasteiger partial charge in [0.2, 0.25) is 5.88 Å². The van der Waals surface area contributed by atoms with E-state index in [1.54, 1.807) is 6.92 Å². The fourth-order valence-corrected chi connectivity index (χ4v) is 0.535. The molecule has 5 heteroatoms. The quantitative estimate of drug-likeness (QED) is 0.568. The zero-order valence-electron chi connectivity index (χ0n) is 5.29. The van der Waals surface area contributed by atoms with Crippen LogP contribution in [0.25, 0.3) is 0 Å². The van der Waals surface area contributed by atoms with E-state index in [0.717, 1.165) is 5.69 Å². The number of aromatic nitrogens is 2. The van der Waals surface area contributed by atoms with Crippen molar-refractivity contribution in [2.24, 2.45) is 0 Å². The molecule has 0 radical (unpaired) electrons. The van der Waals surface area contributed by atoms with E-state index in [1.165, 1.54) is 6.07 Å². The van der Waals surface area contributed by atoms with Crippen LogP contribution in [0.4, 0.5) is 4.79 Å². The van der Waals surface area contributed by atoms with Crippen molar-refractivity contribution in [1.29, 1.82) is 0 Å². The van der Waals surface area contributed by atoms with Gasteiger partial charge in [0.25, 0.3) is 0 Å². The van der Waals surface area contributed by atoms with Gasteiger partial charge < -0.3 is 9.84 Å². The second-order valence-electron chi connectivity index (χ2n) is 1.76. The smallest absolute Gasteiger partial charge is 0.449 e. The summed E-state index contributed by atoms with van der Waals surface area (Å²) in [4.78, 5) is 9.90. The van der Waals surface area contributed by atoms with Gasteiger partial charge in [0.1, 0.15) is 0 Å². The Balaban J connectivity index is 2.67. The molecule has 5 nitrogen and oxygen atoms in total. The molecule has 0 aromatic carbocycles. The minimum atomic E-state index is -1.36. The lowest BCUT2D eigenvalue weighted by Gasteiger charge is -1.88. The number of H-pyrrole nitrogens is 1. The summed E-state index contributed by atoms with van der Waals surface area (Å²) in [5, 5.41) is 14.2. The third-order valence-electron chi connectivity index (χ3n) is 0.874. The minimum Gasteiger partial charge on any atom is -0.449 e. The van der Waals surface area contributed by atoms with E-state index in [2.05, 4.69) is 14.9 Å². The highest BCUT2D eigenvalue weighted by Crippen LogP contribution is 2.05. The number of carbonyl (C=O) groups is 1. The summed E-state index contributed by atoms with van der Waals surface area (Å²) in [5.41, 5.74) is 0.760. The van der Waals surface area contributed by atoms with Gasteiger partial charge in [-0.2, -0.15) is 0 Å². The van der Waals surface area contributed by atoms with Crippen molar-refractivity contribution in [2.45, 2.75) is 6.92 Å². The fraction of sp³-hybridized carbons (Fsp3) is 0.200. The summed E-state index contributed by atoms with van der Waals surface area (Å²) in [6.07, 6.45) is -1.36. The summed E-state index contributed by atoms with van der Waals surface area (Å²) in [5.74, 6) is 0.0741. The molecule has 1 rings (SSSR count). The lowest BCUT2D eigenvalue weighted by Crippen LogP contribution is -2.02. The minimum absolute atomic E-state index is 0.0741. The molecular weight excluding hydrogens is 136 g/mol. The summed E-state index contributed by atoms with van der Waals surface area (Å²) in [6, 6.07) is 1.49. The first kappa shape index (κ1) is 6.60. The molecule has 1 aromatic heterocycles. The molecule has 0 aliphatic carbocycles. The van der Waals surface area contributed by atoms with Gasteiger partial charge in [-0.15, -0.1) is 5.10 Å². The normalized spacial score (nSPS) is 9.30. The van der Waals surface area contributed by atoms with Crippen molar-refractivity contribution in [2.75, 3.05) is 0 Å². The molecule has 0 saturated heterocycles. The monoisotopic (exact) mass is 142 g/mol. The van der Waals surface area contributed by atoms with Gasteiger partial charge in [-0.05, 0) is 6.92 Å². The summed E-state index contributed by atoms with van der Waals surface area (Å²) in [6.45, 7) is 1.75. The first-order chi connectivity index (χ1) is 4.68. The number of hydrogen-bond donors (Lipinski definition) is 2. The van der Waals surface area contributed by atoms with Crippen molar-refractivity contribution in [1.82, 2.24) is 10.2 Å². The number of hydrogen-bond acceptors (Lipinski definition) is 3. The summed E-state index contributed by atoms with van der Waals surface area (Å²) >= 11 is 0. The van der Waals surface area contributed by atoms with Crippen molar-refractivity contribution in [3.8, 4) is 5.88 Å². The van der Waals surface area contributed by atoms with E-state index in [4.69, 9.17) is 5.11 Å². The molecule has 0 spiro atoms. The summed E-state index contributed by atoms with van der Waals surface area (Å²) in [7, 11) is 0. The van der Waals surface area contributed by atoms with Gasteiger partial charge in [0.05, 0.1) is 0 Å². The van der Waals surface area contributed by atoms with Crippen LogP contribution in [0, 0.1) is 6.92 Å². The van der Waals surface area contributed by atoms with Crippen LogP contribution >= 0.6 is 0 Å². The molecule has 0 unspecified atom stereocenters. The van der Waals surface area contributed by atoms with Crippen LogP contribution in [-0.4, -0.2) is 21.5 Å². The highest BCUT2D eigenvalue weighted by atomic mass is 16.7. The van der Waals surface area contributed by atoms with E-state index in [9.17, 15) is 4.79 Å². The number of aromatic amines is 1. The van der Waals surface area contributed by atoms with Crippen LogP contribution in [0.3, 0.4) is 0 Å². The maximum absolute atomic E-state index is 9.90. The second kappa shape index (κ2) is 2.38. The van der Waals surface area contributed by atoms with Crippen LogP contribution in [0.5, 0.6) is 5.88 Å². The zero-order valence-corrected chi connectivity index (χ0v) is 5.29. The third kappa shape index (κ3) is 1.48. The molecule has 0 bridgehead atoms. The molecule has 0 saturated carbocycles. The highest BCUT2D eigenvalue weighted by molar-refractivity contribution is 5.60. The topological polar surface area (TPSA) is 75.2 Å². The van der Waals surface area contributed by atoms with Gasteiger partial charge in [-0.3, -0.25) is 5.10 Å².